The second-order valence-corrected chi connectivity index (χ2v) is 7.38. The first-order valence-electron chi connectivity index (χ1n) is 8.86. The third-order valence-electron chi connectivity index (χ3n) is 5.33. The standard InChI is InChI=1S/C17H27N3O5/c1-4-11-5-7-17(8-6-11)15(24)20(16(25)19-17)9-12(21)18-13(10(2)3)14(22)23/h10-11,13H,4-9H2,1-3H3,(H,18,21)(H,19,25)(H,22,23)/t11?,13-,17?/m1/s1. The molecule has 1 spiro atoms. The summed E-state index contributed by atoms with van der Waals surface area (Å²) in [6.45, 7) is 5.00. The van der Waals surface area contributed by atoms with E-state index in [0.717, 1.165) is 24.2 Å². The first-order valence-corrected chi connectivity index (χ1v) is 8.86. The van der Waals surface area contributed by atoms with E-state index in [1.165, 1.54) is 0 Å². The van der Waals surface area contributed by atoms with Crippen LogP contribution in [0.3, 0.4) is 0 Å². The van der Waals surface area contributed by atoms with Crippen LogP contribution in [0.1, 0.15) is 52.9 Å². The molecular weight excluding hydrogens is 326 g/mol. The molecule has 140 valence electrons. The Morgan fingerprint density at radius 3 is 2.40 bits per heavy atom. The Morgan fingerprint density at radius 2 is 1.92 bits per heavy atom. The summed E-state index contributed by atoms with van der Waals surface area (Å²) in [4.78, 5) is 49.1. The van der Waals surface area contributed by atoms with E-state index in [9.17, 15) is 19.2 Å². The van der Waals surface area contributed by atoms with Gasteiger partial charge in [-0.1, -0.05) is 27.2 Å². The van der Waals surface area contributed by atoms with Gasteiger partial charge in [0, 0.05) is 0 Å². The summed E-state index contributed by atoms with van der Waals surface area (Å²) in [7, 11) is 0. The largest absolute Gasteiger partial charge is 0.480 e. The van der Waals surface area contributed by atoms with Crippen molar-refractivity contribution >= 4 is 23.8 Å². The number of nitrogens with zero attached hydrogens (tertiary/aromatic N) is 1. The normalized spacial score (nSPS) is 27.5. The molecule has 1 aliphatic heterocycles. The van der Waals surface area contributed by atoms with Gasteiger partial charge in [0.2, 0.25) is 5.91 Å². The van der Waals surface area contributed by atoms with E-state index < -0.39 is 36.0 Å². The number of carbonyl (C=O) groups excluding carboxylic acids is 3. The van der Waals surface area contributed by atoms with Crippen molar-refractivity contribution in [2.45, 2.75) is 64.5 Å². The second-order valence-electron chi connectivity index (χ2n) is 7.38. The van der Waals surface area contributed by atoms with Gasteiger partial charge in [0.25, 0.3) is 5.91 Å². The minimum Gasteiger partial charge on any atom is -0.480 e. The SMILES string of the molecule is CCC1CCC2(CC1)NC(=O)N(CC(=O)N[C@@H](C(=O)O)C(C)C)C2=O. The third-order valence-corrected chi connectivity index (χ3v) is 5.33. The van der Waals surface area contributed by atoms with Gasteiger partial charge >= 0.3 is 12.0 Å². The summed E-state index contributed by atoms with van der Waals surface area (Å²) >= 11 is 0. The molecule has 0 aromatic carbocycles. The minimum atomic E-state index is -1.14. The highest BCUT2D eigenvalue weighted by atomic mass is 16.4. The maximum atomic E-state index is 12.7. The molecule has 2 rings (SSSR count). The maximum absolute atomic E-state index is 12.7. The van der Waals surface area contributed by atoms with Gasteiger partial charge in [0.1, 0.15) is 18.1 Å². The van der Waals surface area contributed by atoms with Crippen LogP contribution in [0.25, 0.3) is 0 Å². The van der Waals surface area contributed by atoms with Crippen LogP contribution in [0.15, 0.2) is 0 Å². The zero-order chi connectivity index (χ0) is 18.8. The van der Waals surface area contributed by atoms with E-state index in [0.29, 0.717) is 18.8 Å². The quantitative estimate of drug-likeness (QED) is 0.619. The van der Waals surface area contributed by atoms with Gasteiger partial charge in [0.15, 0.2) is 0 Å². The van der Waals surface area contributed by atoms with E-state index in [1.54, 1.807) is 13.8 Å². The second kappa shape index (κ2) is 7.41. The molecule has 0 aromatic rings. The van der Waals surface area contributed by atoms with Gasteiger partial charge in [-0.2, -0.15) is 0 Å². The molecule has 8 nitrogen and oxygen atoms in total. The summed E-state index contributed by atoms with van der Waals surface area (Å²) < 4.78 is 0. The summed E-state index contributed by atoms with van der Waals surface area (Å²) in [5, 5.41) is 14.3. The zero-order valence-corrected chi connectivity index (χ0v) is 15.0. The van der Waals surface area contributed by atoms with Crippen LogP contribution >= 0.6 is 0 Å². The van der Waals surface area contributed by atoms with E-state index in [1.807, 2.05) is 0 Å². The van der Waals surface area contributed by atoms with Gasteiger partial charge < -0.3 is 15.7 Å². The molecule has 1 saturated carbocycles. The monoisotopic (exact) mass is 353 g/mol. The van der Waals surface area contributed by atoms with Crippen molar-refractivity contribution in [2.75, 3.05) is 6.54 Å². The first kappa shape index (κ1) is 19.2. The van der Waals surface area contributed by atoms with Crippen molar-refractivity contribution in [3.8, 4) is 0 Å². The molecule has 1 aliphatic carbocycles. The number of carboxylic acids is 1. The fourth-order valence-electron chi connectivity index (χ4n) is 3.61. The predicted molar refractivity (Wildman–Crippen MR) is 89.6 cm³/mol. The molecule has 2 fully saturated rings. The van der Waals surface area contributed by atoms with Crippen molar-refractivity contribution in [3.05, 3.63) is 0 Å². The number of hydrogen-bond acceptors (Lipinski definition) is 4. The summed E-state index contributed by atoms with van der Waals surface area (Å²) in [6.07, 6.45) is 3.96. The molecular formula is C17H27N3O5. The minimum absolute atomic E-state index is 0.305. The topological polar surface area (TPSA) is 116 Å². The average molecular weight is 353 g/mol. The van der Waals surface area contributed by atoms with Gasteiger partial charge in [0.05, 0.1) is 0 Å². The molecule has 0 bridgehead atoms. The molecule has 0 radical (unpaired) electrons. The van der Waals surface area contributed by atoms with Crippen molar-refractivity contribution in [3.63, 3.8) is 0 Å². The zero-order valence-electron chi connectivity index (χ0n) is 15.0. The Kier molecular flexibility index (Phi) is 5.69. The van der Waals surface area contributed by atoms with Gasteiger partial charge in [-0.25, -0.2) is 9.59 Å². The van der Waals surface area contributed by atoms with Crippen LogP contribution in [0, 0.1) is 11.8 Å². The lowest BCUT2D eigenvalue weighted by atomic mass is 9.75. The van der Waals surface area contributed by atoms with Crippen LogP contribution < -0.4 is 10.6 Å². The van der Waals surface area contributed by atoms with E-state index in [-0.39, 0.29) is 11.8 Å². The smallest absolute Gasteiger partial charge is 0.326 e. The number of rotatable bonds is 6. The van der Waals surface area contributed by atoms with Crippen LogP contribution in [0.5, 0.6) is 0 Å². The molecule has 0 unspecified atom stereocenters. The van der Waals surface area contributed by atoms with E-state index in [4.69, 9.17) is 5.11 Å². The Balaban J connectivity index is 2.01. The fourth-order valence-corrected chi connectivity index (χ4v) is 3.61. The number of nitrogens with one attached hydrogen (secondary N) is 2. The van der Waals surface area contributed by atoms with Crippen molar-refractivity contribution in [2.24, 2.45) is 11.8 Å². The molecule has 3 N–H and O–H groups in total. The van der Waals surface area contributed by atoms with Crippen LogP contribution in [0.2, 0.25) is 0 Å². The number of amides is 4. The highest BCUT2D eigenvalue weighted by molar-refractivity contribution is 6.09. The molecule has 4 amide bonds. The maximum Gasteiger partial charge on any atom is 0.326 e. The lowest BCUT2D eigenvalue weighted by molar-refractivity contribution is -0.143. The van der Waals surface area contributed by atoms with Gasteiger partial charge in [-0.3, -0.25) is 14.5 Å². The number of carboxylic acid groups (broad SMARTS) is 1. The Morgan fingerprint density at radius 1 is 1.32 bits per heavy atom. The first-order chi connectivity index (χ1) is 11.7. The third kappa shape index (κ3) is 3.93. The average Bonchev–Trinajstić information content (AvgIpc) is 2.77. The molecule has 25 heavy (non-hydrogen) atoms. The number of urea groups is 1. The van der Waals surface area contributed by atoms with E-state index in [2.05, 4.69) is 17.6 Å². The lowest BCUT2D eigenvalue weighted by Crippen LogP contribution is -2.51. The lowest BCUT2D eigenvalue weighted by Gasteiger charge is -2.34. The highest BCUT2D eigenvalue weighted by Crippen LogP contribution is 2.37. The molecule has 1 atom stereocenters. The predicted octanol–water partition coefficient (Wildman–Crippen LogP) is 1.10. The Hall–Kier alpha value is -2.12. The van der Waals surface area contributed by atoms with Crippen LogP contribution in [-0.4, -0.2) is 51.9 Å². The molecule has 8 heteroatoms. The van der Waals surface area contributed by atoms with Crippen molar-refractivity contribution < 1.29 is 24.3 Å². The molecule has 1 saturated heterocycles. The van der Waals surface area contributed by atoms with Crippen LogP contribution in [-0.2, 0) is 14.4 Å². The number of hydrogen-bond donors (Lipinski definition) is 3. The van der Waals surface area contributed by atoms with Gasteiger partial charge in [-0.05, 0) is 37.5 Å². The highest BCUT2D eigenvalue weighted by Gasteiger charge is 2.52. The van der Waals surface area contributed by atoms with Crippen molar-refractivity contribution in [1.29, 1.82) is 0 Å². The number of imide groups is 1. The Labute approximate surface area is 147 Å². The number of carbonyl (C=O) groups is 4. The Bertz CT molecular complexity index is 567. The molecule has 2 aliphatic rings. The summed E-state index contributed by atoms with van der Waals surface area (Å²) in [5.41, 5.74) is -0.896. The summed E-state index contributed by atoms with van der Waals surface area (Å²) in [6, 6.07) is -1.63. The number of aliphatic carboxylic acids is 1. The van der Waals surface area contributed by atoms with Crippen molar-refractivity contribution in [1.82, 2.24) is 15.5 Å². The van der Waals surface area contributed by atoms with Crippen LogP contribution in [0.4, 0.5) is 4.79 Å². The molecule has 0 aromatic heterocycles. The van der Waals surface area contributed by atoms with E-state index >= 15 is 0 Å². The van der Waals surface area contributed by atoms with Gasteiger partial charge in [-0.15, -0.1) is 0 Å². The fraction of sp³-hybridized carbons (Fsp3) is 0.765. The summed E-state index contributed by atoms with van der Waals surface area (Å²) in [5.74, 6) is -1.91. The molecule has 1 heterocycles.